The van der Waals surface area contributed by atoms with Gasteiger partial charge in [-0.25, -0.2) is 9.78 Å². The highest BCUT2D eigenvalue weighted by atomic mass is 35.5. The molecule has 3 rings (SSSR count). The van der Waals surface area contributed by atoms with Crippen LogP contribution in [-0.2, 0) is 0 Å². The van der Waals surface area contributed by atoms with Crippen molar-refractivity contribution < 1.29 is 14.3 Å². The Morgan fingerprint density at radius 3 is 2.79 bits per heavy atom. The van der Waals surface area contributed by atoms with Crippen molar-refractivity contribution in [1.82, 2.24) is 4.98 Å². The zero-order valence-corrected chi connectivity index (χ0v) is 10.1. The molecule has 1 aromatic carbocycles. The van der Waals surface area contributed by atoms with Gasteiger partial charge in [-0.15, -0.1) is 0 Å². The van der Waals surface area contributed by atoms with Crippen LogP contribution in [0.3, 0.4) is 0 Å². The van der Waals surface area contributed by atoms with Crippen molar-refractivity contribution in [3.63, 3.8) is 0 Å². The highest BCUT2D eigenvalue weighted by molar-refractivity contribution is 6.31. The van der Waals surface area contributed by atoms with Gasteiger partial charge in [0, 0.05) is 17.2 Å². The number of halogens is 1. The lowest BCUT2D eigenvalue weighted by atomic mass is 10.1. The maximum absolute atomic E-state index is 11.4. The van der Waals surface area contributed by atoms with Crippen LogP contribution in [0.2, 0.25) is 5.02 Å². The van der Waals surface area contributed by atoms with E-state index in [0.717, 1.165) is 6.07 Å². The molecule has 0 bridgehead atoms. The predicted octanol–water partition coefficient (Wildman–Crippen LogP) is 2.64. The van der Waals surface area contributed by atoms with E-state index >= 15 is 0 Å². The van der Waals surface area contributed by atoms with Gasteiger partial charge in [-0.2, -0.15) is 0 Å². The lowest BCUT2D eigenvalue weighted by Crippen LogP contribution is -2.10. The molecule has 94 valence electrons. The molecule has 5 nitrogen and oxygen atoms in total. The first kappa shape index (κ1) is 11.7. The molecule has 0 spiro atoms. The van der Waals surface area contributed by atoms with Gasteiger partial charge in [0.15, 0.2) is 16.8 Å². The molecule has 0 aromatic heterocycles. The fraction of sp³-hybridized carbons (Fsp3) is 0. The van der Waals surface area contributed by atoms with E-state index in [2.05, 4.69) is 4.98 Å². The smallest absolute Gasteiger partial charge is 0.338 e. The number of nitrogens with zero attached hydrogens (tertiary/aromatic N) is 1. The number of hydrogen-bond donors (Lipinski definition) is 1. The summed E-state index contributed by atoms with van der Waals surface area (Å²) in [6.07, 6.45) is 0. The molecule has 19 heavy (non-hydrogen) atoms. The lowest BCUT2D eigenvalue weighted by Gasteiger charge is -2.08. The van der Waals surface area contributed by atoms with Crippen LogP contribution in [0, 0.1) is 0 Å². The van der Waals surface area contributed by atoms with Gasteiger partial charge in [-0.1, -0.05) is 11.6 Å². The number of rotatable bonds is 1. The van der Waals surface area contributed by atoms with E-state index in [1.165, 1.54) is 6.07 Å². The molecular formula is C13H6ClNO4. The van der Waals surface area contributed by atoms with Crippen molar-refractivity contribution in [2.75, 3.05) is 0 Å². The first-order valence-electron chi connectivity index (χ1n) is 5.32. The Hall–Kier alpha value is -2.40. The molecule has 1 aliphatic carbocycles. The van der Waals surface area contributed by atoms with Crippen LogP contribution >= 0.6 is 11.6 Å². The number of hydrogen-bond acceptors (Lipinski definition) is 4. The van der Waals surface area contributed by atoms with Crippen molar-refractivity contribution in [2.45, 2.75) is 0 Å². The van der Waals surface area contributed by atoms with E-state index in [1.807, 2.05) is 0 Å². The lowest BCUT2D eigenvalue weighted by molar-refractivity contribution is 0.0697. The third kappa shape index (κ3) is 1.94. The molecule has 1 heterocycles. The molecule has 0 atom stereocenters. The summed E-state index contributed by atoms with van der Waals surface area (Å²) >= 11 is 5.85. The number of fused-ring (bicyclic) bond motifs is 2. The van der Waals surface area contributed by atoms with E-state index in [-0.39, 0.29) is 17.0 Å². The highest BCUT2D eigenvalue weighted by Crippen LogP contribution is 2.27. The van der Waals surface area contributed by atoms with Gasteiger partial charge in [0.1, 0.15) is 11.2 Å². The minimum absolute atomic E-state index is 0.127. The summed E-state index contributed by atoms with van der Waals surface area (Å²) in [6.45, 7) is 0. The second-order valence-corrected chi connectivity index (χ2v) is 4.39. The average Bonchev–Trinajstić information content (AvgIpc) is 2.35. The number of carboxylic acids is 1. The van der Waals surface area contributed by atoms with Gasteiger partial charge >= 0.3 is 5.97 Å². The molecule has 1 aromatic rings. The molecule has 0 radical (unpaired) electrons. The summed E-state index contributed by atoms with van der Waals surface area (Å²) < 4.78 is 5.49. The summed E-state index contributed by atoms with van der Waals surface area (Å²) in [7, 11) is 0. The summed E-state index contributed by atoms with van der Waals surface area (Å²) in [4.78, 5) is 26.8. The molecule has 1 aliphatic heterocycles. The molecule has 2 aliphatic rings. The molecule has 0 fully saturated rings. The average molecular weight is 276 g/mol. The minimum atomic E-state index is -1.23. The Morgan fingerprint density at radius 2 is 2.05 bits per heavy atom. The van der Waals surface area contributed by atoms with Crippen molar-refractivity contribution >= 4 is 28.7 Å². The van der Waals surface area contributed by atoms with Gasteiger partial charge < -0.3 is 9.52 Å². The van der Waals surface area contributed by atoms with Crippen LogP contribution in [0.4, 0.5) is 0 Å². The van der Waals surface area contributed by atoms with Crippen LogP contribution in [0.25, 0.3) is 22.6 Å². The van der Waals surface area contributed by atoms with Gasteiger partial charge in [0.2, 0.25) is 0 Å². The Labute approximate surface area is 111 Å². The number of aromatic nitrogens is 1. The third-order valence-corrected chi connectivity index (χ3v) is 2.89. The SMILES string of the molecule is O=C(O)c1cc(=O)cc2oc3ccc(Cl)cc3nc1-2. The molecule has 1 N–H and O–H groups in total. The van der Waals surface area contributed by atoms with Crippen molar-refractivity contribution in [3.05, 3.63) is 51.1 Å². The van der Waals surface area contributed by atoms with Crippen LogP contribution in [0.1, 0.15) is 10.4 Å². The summed E-state index contributed by atoms with van der Waals surface area (Å²) in [5, 5.41) is 9.55. The molecule has 0 saturated carbocycles. The molecule has 0 unspecified atom stereocenters. The maximum atomic E-state index is 11.4. The predicted molar refractivity (Wildman–Crippen MR) is 68.9 cm³/mol. The van der Waals surface area contributed by atoms with E-state index in [4.69, 9.17) is 21.1 Å². The summed E-state index contributed by atoms with van der Waals surface area (Å²) in [5.74, 6) is -1.09. The summed E-state index contributed by atoms with van der Waals surface area (Å²) in [6, 6.07) is 7.03. The number of carboxylic acid groups (broad SMARTS) is 1. The monoisotopic (exact) mass is 275 g/mol. The molecule has 0 amide bonds. The molecular weight excluding hydrogens is 270 g/mol. The van der Waals surface area contributed by atoms with E-state index in [9.17, 15) is 9.59 Å². The topological polar surface area (TPSA) is 80.4 Å². The second-order valence-electron chi connectivity index (χ2n) is 3.95. The number of carbonyl (C=O) groups is 1. The first-order chi connectivity index (χ1) is 9.04. The largest absolute Gasteiger partial charge is 0.478 e. The van der Waals surface area contributed by atoms with Crippen LogP contribution < -0.4 is 5.43 Å². The fourth-order valence-electron chi connectivity index (χ4n) is 1.84. The van der Waals surface area contributed by atoms with Gasteiger partial charge in [0.05, 0.1) is 5.56 Å². The van der Waals surface area contributed by atoms with Gasteiger partial charge in [-0.05, 0) is 18.2 Å². The van der Waals surface area contributed by atoms with Gasteiger partial charge in [0.25, 0.3) is 0 Å². The number of benzene rings is 2. The zero-order valence-electron chi connectivity index (χ0n) is 9.38. The number of aromatic carboxylic acids is 1. The Morgan fingerprint density at radius 1 is 1.26 bits per heavy atom. The van der Waals surface area contributed by atoms with Crippen molar-refractivity contribution in [2.24, 2.45) is 0 Å². The van der Waals surface area contributed by atoms with E-state index < -0.39 is 11.4 Å². The third-order valence-electron chi connectivity index (χ3n) is 2.65. The Balaban J connectivity index is 2.47. The highest BCUT2D eigenvalue weighted by Gasteiger charge is 2.19. The first-order valence-corrected chi connectivity index (χ1v) is 5.70. The minimum Gasteiger partial charge on any atom is -0.478 e. The zero-order chi connectivity index (χ0) is 13.6. The molecule has 0 saturated heterocycles. The fourth-order valence-corrected chi connectivity index (χ4v) is 2.01. The Bertz CT molecular complexity index is 840. The van der Waals surface area contributed by atoms with Gasteiger partial charge in [-0.3, -0.25) is 4.79 Å². The quantitative estimate of drug-likeness (QED) is 0.691. The van der Waals surface area contributed by atoms with Crippen LogP contribution in [-0.4, -0.2) is 16.1 Å². The maximum Gasteiger partial charge on any atom is 0.338 e. The normalized spacial score (nSPS) is 11.0. The van der Waals surface area contributed by atoms with Crippen LogP contribution in [0.15, 0.2) is 39.5 Å². The van der Waals surface area contributed by atoms with E-state index in [0.29, 0.717) is 16.1 Å². The Kier molecular flexibility index (Phi) is 2.50. The van der Waals surface area contributed by atoms with Crippen LogP contribution in [0.5, 0.6) is 0 Å². The van der Waals surface area contributed by atoms with Crippen molar-refractivity contribution in [3.8, 4) is 11.5 Å². The van der Waals surface area contributed by atoms with Crippen molar-refractivity contribution in [1.29, 1.82) is 0 Å². The standard InChI is InChI=1S/C13H6ClNO4/c14-6-1-2-10-9(3-6)15-12-8(13(17)18)4-7(16)5-11(12)19-10/h1-5H,(H,17,18). The van der Waals surface area contributed by atoms with E-state index in [1.54, 1.807) is 18.2 Å². The second kappa shape index (κ2) is 4.07. The summed E-state index contributed by atoms with van der Waals surface area (Å²) in [5.41, 5.74) is 0.360. The molecule has 6 heteroatoms.